The smallest absolute Gasteiger partial charge is 0.0773 e. The Morgan fingerprint density at radius 3 is 2.33 bits per heavy atom. The van der Waals surface area contributed by atoms with Gasteiger partial charge in [-0.25, -0.2) is 0 Å². The molecule has 1 N–H and O–H groups in total. The fraction of sp³-hybridized carbons (Fsp3) is 0.250. The van der Waals surface area contributed by atoms with Crippen molar-refractivity contribution in [3.05, 3.63) is 32.2 Å². The van der Waals surface area contributed by atoms with E-state index in [2.05, 4.69) is 15.9 Å². The van der Waals surface area contributed by atoms with Gasteiger partial charge in [0.1, 0.15) is 0 Å². The zero-order chi connectivity index (χ0) is 9.30. The summed E-state index contributed by atoms with van der Waals surface area (Å²) in [5.41, 5.74) is 0.740. The van der Waals surface area contributed by atoms with Gasteiger partial charge in [-0.2, -0.15) is 0 Å². The summed E-state index contributed by atoms with van der Waals surface area (Å²) in [7, 11) is 0. The summed E-state index contributed by atoms with van der Waals surface area (Å²) < 4.78 is 0.770. The van der Waals surface area contributed by atoms with Crippen molar-refractivity contribution < 1.29 is 5.11 Å². The topological polar surface area (TPSA) is 20.2 Å². The number of hydrogen-bond donors (Lipinski definition) is 1. The maximum absolute atomic E-state index is 9.29. The van der Waals surface area contributed by atoms with E-state index in [1.807, 2.05) is 0 Å². The molecule has 0 aliphatic carbocycles. The maximum atomic E-state index is 9.29. The lowest BCUT2D eigenvalue weighted by Gasteiger charge is -2.08. The summed E-state index contributed by atoms with van der Waals surface area (Å²) in [6.07, 6.45) is -0.547. The standard InChI is InChI=1S/C8H7BrCl2O/c1-4(12)5-2-7(10)8(11)3-6(5)9/h2-4,12H,1H3. The van der Waals surface area contributed by atoms with E-state index in [9.17, 15) is 5.11 Å². The van der Waals surface area contributed by atoms with Gasteiger partial charge in [-0.3, -0.25) is 0 Å². The van der Waals surface area contributed by atoms with Crippen LogP contribution in [0.5, 0.6) is 0 Å². The van der Waals surface area contributed by atoms with Crippen LogP contribution in [0.1, 0.15) is 18.6 Å². The van der Waals surface area contributed by atoms with Gasteiger partial charge in [0, 0.05) is 4.47 Å². The minimum atomic E-state index is -0.547. The zero-order valence-corrected chi connectivity index (χ0v) is 9.41. The third-order valence-corrected chi connectivity index (χ3v) is 2.90. The number of hydrogen-bond acceptors (Lipinski definition) is 1. The van der Waals surface area contributed by atoms with Gasteiger partial charge in [-0.1, -0.05) is 39.1 Å². The van der Waals surface area contributed by atoms with Crippen molar-refractivity contribution in [2.75, 3.05) is 0 Å². The van der Waals surface area contributed by atoms with E-state index in [1.54, 1.807) is 19.1 Å². The summed E-state index contributed by atoms with van der Waals surface area (Å²) in [5, 5.41) is 10.2. The largest absolute Gasteiger partial charge is 0.389 e. The Morgan fingerprint density at radius 2 is 1.83 bits per heavy atom. The molecule has 0 spiro atoms. The van der Waals surface area contributed by atoms with Gasteiger partial charge in [-0.05, 0) is 24.6 Å². The second-order valence-electron chi connectivity index (χ2n) is 2.46. The van der Waals surface area contributed by atoms with Crippen molar-refractivity contribution in [2.45, 2.75) is 13.0 Å². The molecule has 1 nitrogen and oxygen atoms in total. The van der Waals surface area contributed by atoms with Crippen molar-refractivity contribution in [1.82, 2.24) is 0 Å². The number of aliphatic hydroxyl groups is 1. The van der Waals surface area contributed by atoms with Crippen molar-refractivity contribution >= 4 is 39.1 Å². The summed E-state index contributed by atoms with van der Waals surface area (Å²) in [6.45, 7) is 1.67. The van der Waals surface area contributed by atoms with Gasteiger partial charge in [0.25, 0.3) is 0 Å². The van der Waals surface area contributed by atoms with Crippen LogP contribution in [0.2, 0.25) is 10.0 Å². The third kappa shape index (κ3) is 2.13. The zero-order valence-electron chi connectivity index (χ0n) is 6.31. The molecular formula is C8H7BrCl2O. The predicted molar refractivity (Wildman–Crippen MR) is 54.8 cm³/mol. The fourth-order valence-electron chi connectivity index (χ4n) is 0.858. The minimum Gasteiger partial charge on any atom is -0.389 e. The Balaban J connectivity index is 3.23. The molecular weight excluding hydrogens is 263 g/mol. The van der Waals surface area contributed by atoms with Crippen LogP contribution in [-0.4, -0.2) is 5.11 Å². The van der Waals surface area contributed by atoms with E-state index in [4.69, 9.17) is 23.2 Å². The fourth-order valence-corrected chi connectivity index (χ4v) is 2.00. The quantitative estimate of drug-likeness (QED) is 0.769. The van der Waals surface area contributed by atoms with Gasteiger partial charge in [-0.15, -0.1) is 0 Å². The average molecular weight is 270 g/mol. The number of benzene rings is 1. The lowest BCUT2D eigenvalue weighted by Crippen LogP contribution is -1.92. The summed E-state index contributed by atoms with van der Waals surface area (Å²) in [6, 6.07) is 3.32. The van der Waals surface area contributed by atoms with E-state index in [0.29, 0.717) is 10.0 Å². The molecule has 1 rings (SSSR count). The Hall–Kier alpha value is 0.240. The lowest BCUT2D eigenvalue weighted by atomic mass is 10.1. The van der Waals surface area contributed by atoms with E-state index in [-0.39, 0.29) is 0 Å². The molecule has 0 aromatic heterocycles. The number of rotatable bonds is 1. The van der Waals surface area contributed by atoms with Crippen LogP contribution in [0, 0.1) is 0 Å². The van der Waals surface area contributed by atoms with Crippen molar-refractivity contribution in [3.63, 3.8) is 0 Å². The molecule has 1 aromatic carbocycles. The van der Waals surface area contributed by atoms with E-state index >= 15 is 0 Å². The molecule has 4 heteroatoms. The molecule has 0 saturated carbocycles. The van der Waals surface area contributed by atoms with Crippen LogP contribution in [0.3, 0.4) is 0 Å². The van der Waals surface area contributed by atoms with Crippen molar-refractivity contribution in [3.8, 4) is 0 Å². The van der Waals surface area contributed by atoms with Crippen LogP contribution in [0.25, 0.3) is 0 Å². The normalized spacial score (nSPS) is 13.1. The molecule has 1 atom stereocenters. The van der Waals surface area contributed by atoms with Crippen LogP contribution < -0.4 is 0 Å². The van der Waals surface area contributed by atoms with Crippen LogP contribution in [-0.2, 0) is 0 Å². The highest BCUT2D eigenvalue weighted by atomic mass is 79.9. The first-order valence-electron chi connectivity index (χ1n) is 3.35. The Bertz CT molecular complexity index is 299. The SMILES string of the molecule is CC(O)c1cc(Cl)c(Cl)cc1Br. The van der Waals surface area contributed by atoms with Gasteiger partial charge in [0.2, 0.25) is 0 Å². The first kappa shape index (κ1) is 10.3. The molecule has 66 valence electrons. The molecule has 0 aliphatic rings. The summed E-state index contributed by atoms with van der Waals surface area (Å²) in [5.74, 6) is 0. The van der Waals surface area contributed by atoms with Gasteiger partial charge in [0.15, 0.2) is 0 Å². The molecule has 1 unspecified atom stereocenters. The molecule has 1 aromatic rings. The Labute approximate surface area is 89.4 Å². The van der Waals surface area contributed by atoms with Gasteiger partial charge < -0.3 is 5.11 Å². The van der Waals surface area contributed by atoms with E-state index in [0.717, 1.165) is 10.0 Å². The first-order valence-corrected chi connectivity index (χ1v) is 4.89. The monoisotopic (exact) mass is 268 g/mol. The Kier molecular flexibility index (Phi) is 3.41. The highest BCUT2D eigenvalue weighted by molar-refractivity contribution is 9.10. The number of aliphatic hydroxyl groups excluding tert-OH is 1. The molecule has 12 heavy (non-hydrogen) atoms. The molecule has 0 fully saturated rings. The summed E-state index contributed by atoms with van der Waals surface area (Å²) >= 11 is 14.8. The molecule has 0 amide bonds. The third-order valence-electron chi connectivity index (χ3n) is 1.49. The number of halogens is 3. The highest BCUT2D eigenvalue weighted by Crippen LogP contribution is 2.32. The van der Waals surface area contributed by atoms with Crippen molar-refractivity contribution in [2.24, 2.45) is 0 Å². The lowest BCUT2D eigenvalue weighted by molar-refractivity contribution is 0.198. The molecule has 0 heterocycles. The molecule has 0 saturated heterocycles. The molecule has 0 aliphatic heterocycles. The summed E-state index contributed by atoms with van der Waals surface area (Å²) in [4.78, 5) is 0. The first-order chi connectivity index (χ1) is 5.52. The van der Waals surface area contributed by atoms with E-state index in [1.165, 1.54) is 0 Å². The Morgan fingerprint density at radius 1 is 1.33 bits per heavy atom. The van der Waals surface area contributed by atoms with E-state index < -0.39 is 6.10 Å². The van der Waals surface area contributed by atoms with Crippen LogP contribution >= 0.6 is 39.1 Å². The van der Waals surface area contributed by atoms with Gasteiger partial charge in [0.05, 0.1) is 16.1 Å². The predicted octanol–water partition coefficient (Wildman–Crippen LogP) is 3.81. The van der Waals surface area contributed by atoms with Gasteiger partial charge >= 0.3 is 0 Å². The van der Waals surface area contributed by atoms with Crippen LogP contribution in [0.15, 0.2) is 16.6 Å². The average Bonchev–Trinajstić information content (AvgIpc) is 1.96. The minimum absolute atomic E-state index is 0.454. The van der Waals surface area contributed by atoms with Crippen LogP contribution in [0.4, 0.5) is 0 Å². The van der Waals surface area contributed by atoms with Crippen molar-refractivity contribution in [1.29, 1.82) is 0 Å². The maximum Gasteiger partial charge on any atom is 0.0773 e. The molecule has 0 bridgehead atoms. The second-order valence-corrected chi connectivity index (χ2v) is 4.13. The second kappa shape index (κ2) is 3.97. The molecule has 0 radical (unpaired) electrons. The highest BCUT2D eigenvalue weighted by Gasteiger charge is 2.09.